The van der Waals surface area contributed by atoms with Crippen LogP contribution < -0.4 is 15.4 Å². The number of hydrogen-bond acceptors (Lipinski definition) is 6. The van der Waals surface area contributed by atoms with E-state index in [4.69, 9.17) is 21.7 Å². The smallest absolute Gasteiger partial charge is 0.341 e. The number of amides is 1. The number of nitrogens with one attached hydrogen (secondary N) is 2. The molecule has 0 aliphatic heterocycles. The normalized spacial score (nSPS) is 15.4. The van der Waals surface area contributed by atoms with Gasteiger partial charge in [-0.1, -0.05) is 34.6 Å². The summed E-state index contributed by atoms with van der Waals surface area (Å²) in [5.74, 6) is 0.952. The Hall–Kier alpha value is -2.45. The van der Waals surface area contributed by atoms with E-state index in [0.29, 0.717) is 40.3 Å². The maximum Gasteiger partial charge on any atom is 0.341 e. The summed E-state index contributed by atoms with van der Waals surface area (Å²) in [5.41, 5.74) is 2.22. The summed E-state index contributed by atoms with van der Waals surface area (Å²) in [7, 11) is 1.38. The van der Waals surface area contributed by atoms with Crippen molar-refractivity contribution in [1.82, 2.24) is 5.32 Å². The predicted octanol–water partition coefficient (Wildman–Crippen LogP) is 5.85. The lowest BCUT2D eigenvalue weighted by molar-refractivity contribution is 0.0600. The van der Waals surface area contributed by atoms with Crippen molar-refractivity contribution in [3.63, 3.8) is 0 Å². The van der Waals surface area contributed by atoms with E-state index in [1.54, 1.807) is 24.3 Å². The van der Waals surface area contributed by atoms with Gasteiger partial charge in [-0.05, 0) is 78.6 Å². The molecule has 1 aromatic heterocycles. The van der Waals surface area contributed by atoms with Crippen LogP contribution in [0.4, 0.5) is 5.00 Å². The Kier molecular flexibility index (Phi) is 8.36. The van der Waals surface area contributed by atoms with Gasteiger partial charge < -0.3 is 14.8 Å². The fourth-order valence-corrected chi connectivity index (χ4v) is 5.59. The lowest BCUT2D eigenvalue weighted by atomic mass is 9.72. The van der Waals surface area contributed by atoms with Crippen molar-refractivity contribution in [2.24, 2.45) is 17.3 Å². The van der Waals surface area contributed by atoms with E-state index in [0.717, 1.165) is 24.8 Å². The van der Waals surface area contributed by atoms with E-state index >= 15 is 0 Å². The summed E-state index contributed by atoms with van der Waals surface area (Å²) in [6, 6.07) is 6.93. The summed E-state index contributed by atoms with van der Waals surface area (Å²) in [5, 5.41) is 6.54. The fraction of sp³-hybridized carbons (Fsp3) is 0.500. The van der Waals surface area contributed by atoms with Gasteiger partial charge in [0.2, 0.25) is 0 Å². The molecule has 2 aromatic rings. The zero-order chi connectivity index (χ0) is 25.0. The Morgan fingerprint density at radius 1 is 1.21 bits per heavy atom. The molecule has 0 saturated heterocycles. The van der Waals surface area contributed by atoms with Crippen molar-refractivity contribution in [2.75, 3.05) is 19.0 Å². The third-order valence-electron chi connectivity index (χ3n) is 6.03. The molecule has 0 fully saturated rings. The number of esters is 1. The molecule has 0 radical (unpaired) electrons. The molecular formula is C26H34N2O4S2. The molecule has 0 bridgehead atoms. The predicted molar refractivity (Wildman–Crippen MR) is 141 cm³/mol. The quantitative estimate of drug-likeness (QED) is 0.381. The first-order chi connectivity index (χ1) is 16.0. The second-order valence-electron chi connectivity index (χ2n) is 10.1. The van der Waals surface area contributed by atoms with Crippen molar-refractivity contribution < 1.29 is 19.1 Å². The first-order valence-corrected chi connectivity index (χ1v) is 12.8. The maximum atomic E-state index is 12.7. The highest BCUT2D eigenvalue weighted by molar-refractivity contribution is 7.80. The van der Waals surface area contributed by atoms with Crippen LogP contribution in [0.5, 0.6) is 5.75 Å². The largest absolute Gasteiger partial charge is 0.493 e. The molecule has 3 rings (SSSR count). The van der Waals surface area contributed by atoms with E-state index in [-0.39, 0.29) is 22.4 Å². The summed E-state index contributed by atoms with van der Waals surface area (Å²) in [6.07, 6.45) is 2.76. The second kappa shape index (κ2) is 10.9. The Bertz CT molecular complexity index is 1050. The number of thiophene rings is 1. The molecule has 1 aromatic carbocycles. The minimum absolute atomic E-state index is 0.140. The number of thiocarbonyl (C=S) groups is 1. The van der Waals surface area contributed by atoms with Crippen molar-refractivity contribution in [1.29, 1.82) is 0 Å². The van der Waals surface area contributed by atoms with Gasteiger partial charge in [-0.2, -0.15) is 0 Å². The summed E-state index contributed by atoms with van der Waals surface area (Å²) < 4.78 is 10.7. The first-order valence-electron chi connectivity index (χ1n) is 11.6. The van der Waals surface area contributed by atoms with Crippen LogP contribution in [0.25, 0.3) is 0 Å². The highest BCUT2D eigenvalue weighted by Gasteiger charge is 2.34. The van der Waals surface area contributed by atoms with E-state index in [1.165, 1.54) is 23.3 Å². The number of benzene rings is 1. The second-order valence-corrected chi connectivity index (χ2v) is 11.7. The highest BCUT2D eigenvalue weighted by atomic mass is 32.1. The van der Waals surface area contributed by atoms with Crippen LogP contribution in [-0.2, 0) is 17.6 Å². The van der Waals surface area contributed by atoms with Crippen LogP contribution in [0.2, 0.25) is 0 Å². The van der Waals surface area contributed by atoms with Crippen LogP contribution in [-0.4, -0.2) is 30.7 Å². The number of methoxy groups -OCH3 is 1. The van der Waals surface area contributed by atoms with Crippen molar-refractivity contribution in [2.45, 2.75) is 53.9 Å². The molecule has 0 saturated carbocycles. The van der Waals surface area contributed by atoms with Crippen molar-refractivity contribution >= 4 is 45.5 Å². The molecule has 1 heterocycles. The zero-order valence-electron chi connectivity index (χ0n) is 20.7. The lowest BCUT2D eigenvalue weighted by Gasteiger charge is -2.33. The van der Waals surface area contributed by atoms with Gasteiger partial charge in [0, 0.05) is 10.4 Å². The molecule has 1 aliphatic rings. The Balaban J connectivity index is 1.71. The van der Waals surface area contributed by atoms with Gasteiger partial charge in [-0.25, -0.2) is 4.79 Å². The van der Waals surface area contributed by atoms with Crippen LogP contribution in [0, 0.1) is 17.3 Å². The summed E-state index contributed by atoms with van der Waals surface area (Å²) in [6.45, 7) is 11.5. The van der Waals surface area contributed by atoms with Crippen LogP contribution >= 0.6 is 23.6 Å². The maximum absolute atomic E-state index is 12.7. The average Bonchev–Trinajstić information content (AvgIpc) is 3.13. The van der Waals surface area contributed by atoms with Gasteiger partial charge in [0.05, 0.1) is 19.3 Å². The van der Waals surface area contributed by atoms with E-state index in [9.17, 15) is 9.59 Å². The van der Waals surface area contributed by atoms with Crippen molar-refractivity contribution in [3.05, 3.63) is 45.8 Å². The minimum atomic E-state index is -0.389. The minimum Gasteiger partial charge on any atom is -0.493 e. The highest BCUT2D eigenvalue weighted by Crippen LogP contribution is 2.44. The van der Waals surface area contributed by atoms with Gasteiger partial charge >= 0.3 is 5.97 Å². The van der Waals surface area contributed by atoms with Gasteiger partial charge in [0.1, 0.15) is 10.8 Å². The topological polar surface area (TPSA) is 76.7 Å². The number of ether oxygens (including phenoxy) is 2. The fourth-order valence-electron chi connectivity index (χ4n) is 4.01. The molecular weight excluding hydrogens is 468 g/mol. The molecule has 34 heavy (non-hydrogen) atoms. The Morgan fingerprint density at radius 2 is 1.88 bits per heavy atom. The lowest BCUT2D eigenvalue weighted by Crippen LogP contribution is -2.34. The molecule has 8 heteroatoms. The SMILES string of the molecule is COC(=O)c1c(NC(=S)NC(=O)c2ccc(OCC(C)C)cc2)sc2c1CCC(C(C)(C)C)C2. The standard InChI is InChI=1S/C26H34N2O4S2/c1-15(2)14-32-18-10-7-16(8-11-18)22(29)27-25(33)28-23-21(24(30)31-6)19-12-9-17(26(3,4)5)13-20(19)34-23/h7-8,10-11,15,17H,9,12-14H2,1-6H3,(H2,27,28,29,33). The number of rotatable bonds is 6. The molecule has 0 spiro atoms. The van der Waals surface area contributed by atoms with Crippen LogP contribution in [0.15, 0.2) is 24.3 Å². The number of anilines is 1. The third-order valence-corrected chi connectivity index (χ3v) is 7.41. The third kappa shape index (κ3) is 6.36. The molecule has 184 valence electrons. The molecule has 1 amide bonds. The molecule has 2 N–H and O–H groups in total. The van der Waals surface area contributed by atoms with Gasteiger partial charge in [-0.3, -0.25) is 10.1 Å². The molecule has 1 aliphatic carbocycles. The monoisotopic (exact) mass is 502 g/mol. The number of carbonyl (C=O) groups is 2. The Morgan fingerprint density at radius 3 is 2.47 bits per heavy atom. The van der Waals surface area contributed by atoms with Gasteiger partial charge in [0.25, 0.3) is 5.91 Å². The van der Waals surface area contributed by atoms with Gasteiger partial charge in [0.15, 0.2) is 5.11 Å². The van der Waals surface area contributed by atoms with Crippen LogP contribution in [0.1, 0.15) is 72.2 Å². The summed E-state index contributed by atoms with van der Waals surface area (Å²) in [4.78, 5) is 26.5. The van der Waals surface area contributed by atoms with Crippen LogP contribution in [0.3, 0.4) is 0 Å². The van der Waals surface area contributed by atoms with E-state index < -0.39 is 0 Å². The number of fused-ring (bicyclic) bond motifs is 1. The Labute approximate surface area is 211 Å². The zero-order valence-corrected chi connectivity index (χ0v) is 22.4. The van der Waals surface area contributed by atoms with E-state index in [1.807, 2.05) is 0 Å². The average molecular weight is 503 g/mol. The number of hydrogen-bond donors (Lipinski definition) is 2. The van der Waals surface area contributed by atoms with Gasteiger partial charge in [-0.15, -0.1) is 11.3 Å². The first kappa shape index (κ1) is 26.2. The molecule has 6 nitrogen and oxygen atoms in total. The number of carbonyl (C=O) groups excluding carboxylic acids is 2. The summed E-state index contributed by atoms with van der Waals surface area (Å²) >= 11 is 6.92. The molecule has 1 unspecified atom stereocenters. The molecule has 1 atom stereocenters. The van der Waals surface area contributed by atoms with E-state index in [2.05, 4.69) is 45.3 Å². The van der Waals surface area contributed by atoms with Crippen molar-refractivity contribution in [3.8, 4) is 5.75 Å².